The monoisotopic (exact) mass is 442 g/mol. The summed E-state index contributed by atoms with van der Waals surface area (Å²) in [6.45, 7) is 4.04. The van der Waals surface area contributed by atoms with E-state index in [9.17, 15) is 13.2 Å². The summed E-state index contributed by atoms with van der Waals surface area (Å²) < 4.78 is 41.8. The van der Waals surface area contributed by atoms with E-state index >= 15 is 0 Å². The highest BCUT2D eigenvalue weighted by Gasteiger charge is 2.32. The van der Waals surface area contributed by atoms with E-state index in [0.717, 1.165) is 22.0 Å². The van der Waals surface area contributed by atoms with Gasteiger partial charge in [0.2, 0.25) is 0 Å². The first-order valence-corrected chi connectivity index (χ1v) is 10.7. The van der Waals surface area contributed by atoms with Crippen LogP contribution in [0.5, 0.6) is 0 Å². The Labute approximate surface area is 182 Å². The molecule has 0 aliphatic carbocycles. The number of halogens is 3. The summed E-state index contributed by atoms with van der Waals surface area (Å²) in [7, 11) is 0. The number of hydrogen-bond donors (Lipinski definition) is 0. The molecule has 0 atom stereocenters. The highest BCUT2D eigenvalue weighted by molar-refractivity contribution is 7.09. The third kappa shape index (κ3) is 4.69. The van der Waals surface area contributed by atoms with E-state index in [0.29, 0.717) is 30.8 Å². The van der Waals surface area contributed by atoms with E-state index in [1.165, 1.54) is 19.1 Å². The molecule has 0 saturated carbocycles. The van der Waals surface area contributed by atoms with Gasteiger partial charge in [-0.2, -0.15) is 13.2 Å². The van der Waals surface area contributed by atoms with Crippen molar-refractivity contribution in [1.29, 1.82) is 0 Å². The van der Waals surface area contributed by atoms with E-state index < -0.39 is 11.7 Å². The van der Waals surface area contributed by atoms with Crippen molar-refractivity contribution in [2.75, 3.05) is 0 Å². The van der Waals surface area contributed by atoms with Gasteiger partial charge in [-0.05, 0) is 60.5 Å². The van der Waals surface area contributed by atoms with Crippen molar-refractivity contribution < 1.29 is 13.2 Å². The number of nitrogens with zero attached hydrogens (tertiary/aromatic N) is 4. The van der Waals surface area contributed by atoms with Crippen LogP contribution in [0.1, 0.15) is 33.0 Å². The van der Waals surface area contributed by atoms with Crippen LogP contribution in [0.2, 0.25) is 0 Å². The molecule has 160 valence electrons. The number of aryl methyl sites for hydroxylation is 4. The number of alkyl halides is 3. The molecule has 0 aliphatic rings. The normalized spacial score (nSPS) is 11.8. The van der Waals surface area contributed by atoms with Gasteiger partial charge in [0, 0.05) is 17.5 Å². The molecule has 0 aliphatic heterocycles. The summed E-state index contributed by atoms with van der Waals surface area (Å²) in [6, 6.07) is 12.4. The molecule has 0 fully saturated rings. The fourth-order valence-electron chi connectivity index (χ4n) is 3.53. The van der Waals surface area contributed by atoms with Gasteiger partial charge < -0.3 is 4.57 Å². The third-order valence-corrected chi connectivity index (χ3v) is 6.05. The van der Waals surface area contributed by atoms with Crippen LogP contribution in [0.15, 0.2) is 54.0 Å². The van der Waals surface area contributed by atoms with Gasteiger partial charge in [-0.3, -0.25) is 4.98 Å². The Hall–Kier alpha value is -3.00. The molecule has 4 aromatic rings. The quantitative estimate of drug-likeness (QED) is 0.375. The molecular formula is C23H21F3N4S. The first kappa shape index (κ1) is 21.2. The van der Waals surface area contributed by atoms with Crippen molar-refractivity contribution >= 4 is 11.3 Å². The molecule has 0 bridgehead atoms. The smallest absolute Gasteiger partial charge is 0.304 e. The SMILES string of the molecule is Cc1ccc(CCc2nnc(-c3ncccc3C)n2Cc2cccs2)cc1C(F)(F)F. The van der Waals surface area contributed by atoms with E-state index in [1.54, 1.807) is 23.6 Å². The largest absolute Gasteiger partial charge is 0.416 e. The van der Waals surface area contributed by atoms with Crippen LogP contribution in [-0.4, -0.2) is 19.7 Å². The summed E-state index contributed by atoms with van der Waals surface area (Å²) in [5.74, 6) is 1.39. The molecule has 0 amide bonds. The van der Waals surface area contributed by atoms with Crippen LogP contribution in [-0.2, 0) is 25.6 Å². The summed E-state index contributed by atoms with van der Waals surface area (Å²) in [4.78, 5) is 5.62. The van der Waals surface area contributed by atoms with E-state index in [2.05, 4.69) is 15.2 Å². The molecule has 1 aromatic carbocycles. The minimum absolute atomic E-state index is 0.227. The zero-order valence-electron chi connectivity index (χ0n) is 17.1. The van der Waals surface area contributed by atoms with Crippen molar-refractivity contribution in [3.05, 3.63) is 87.0 Å². The van der Waals surface area contributed by atoms with Crippen molar-refractivity contribution in [1.82, 2.24) is 19.7 Å². The van der Waals surface area contributed by atoms with E-state index in [4.69, 9.17) is 0 Å². The van der Waals surface area contributed by atoms with Gasteiger partial charge >= 0.3 is 6.18 Å². The lowest BCUT2D eigenvalue weighted by Crippen LogP contribution is -2.10. The highest BCUT2D eigenvalue weighted by atomic mass is 32.1. The van der Waals surface area contributed by atoms with Crippen LogP contribution in [0.25, 0.3) is 11.5 Å². The molecule has 0 unspecified atom stereocenters. The van der Waals surface area contributed by atoms with Gasteiger partial charge in [-0.1, -0.05) is 24.3 Å². The Morgan fingerprint density at radius 2 is 1.81 bits per heavy atom. The lowest BCUT2D eigenvalue weighted by Gasteiger charge is -2.13. The lowest BCUT2D eigenvalue weighted by molar-refractivity contribution is -0.138. The van der Waals surface area contributed by atoms with Crippen LogP contribution >= 0.6 is 11.3 Å². The van der Waals surface area contributed by atoms with Gasteiger partial charge in [-0.25, -0.2) is 0 Å². The first-order chi connectivity index (χ1) is 14.8. The molecule has 0 saturated heterocycles. The molecule has 3 aromatic heterocycles. The molecule has 4 rings (SSSR count). The second-order valence-corrected chi connectivity index (χ2v) is 8.45. The Bertz CT molecular complexity index is 1180. The average Bonchev–Trinajstić information content (AvgIpc) is 3.37. The predicted molar refractivity (Wildman–Crippen MR) is 115 cm³/mol. The maximum atomic E-state index is 13.3. The standard InChI is InChI=1S/C23H21F3N4S/c1-15-7-8-17(13-19(15)23(24,25)26)9-10-20-28-29-22(21-16(2)5-3-11-27-21)30(20)14-18-6-4-12-31-18/h3-8,11-13H,9-10,14H2,1-2H3. The van der Waals surface area contributed by atoms with E-state index in [-0.39, 0.29) is 5.56 Å². The number of rotatable bonds is 6. The number of thiophene rings is 1. The molecule has 3 heterocycles. The van der Waals surface area contributed by atoms with Crippen molar-refractivity contribution in [3.63, 3.8) is 0 Å². The summed E-state index contributed by atoms with van der Waals surface area (Å²) >= 11 is 1.64. The zero-order chi connectivity index (χ0) is 22.0. The minimum Gasteiger partial charge on any atom is -0.304 e. The predicted octanol–water partition coefficient (Wildman–Crippen LogP) is 5.87. The molecule has 0 radical (unpaired) electrons. The Balaban J connectivity index is 1.65. The maximum absolute atomic E-state index is 13.3. The molecule has 0 N–H and O–H groups in total. The molecule has 31 heavy (non-hydrogen) atoms. The highest BCUT2D eigenvalue weighted by Crippen LogP contribution is 2.32. The summed E-state index contributed by atoms with van der Waals surface area (Å²) in [5.41, 5.74) is 2.01. The number of hydrogen-bond acceptors (Lipinski definition) is 4. The number of benzene rings is 1. The van der Waals surface area contributed by atoms with Gasteiger partial charge in [0.15, 0.2) is 5.82 Å². The van der Waals surface area contributed by atoms with Crippen LogP contribution in [0.4, 0.5) is 13.2 Å². The van der Waals surface area contributed by atoms with Crippen molar-refractivity contribution in [3.8, 4) is 11.5 Å². The Kier molecular flexibility index (Phi) is 5.91. The van der Waals surface area contributed by atoms with Gasteiger partial charge in [0.05, 0.1) is 12.1 Å². The molecule has 8 heteroatoms. The third-order valence-electron chi connectivity index (χ3n) is 5.19. The van der Waals surface area contributed by atoms with Crippen LogP contribution in [0.3, 0.4) is 0 Å². The zero-order valence-corrected chi connectivity index (χ0v) is 18.0. The van der Waals surface area contributed by atoms with Crippen molar-refractivity contribution in [2.24, 2.45) is 0 Å². The van der Waals surface area contributed by atoms with Crippen LogP contribution in [0, 0.1) is 13.8 Å². The molecular weight excluding hydrogens is 421 g/mol. The number of aromatic nitrogens is 4. The summed E-state index contributed by atoms with van der Waals surface area (Å²) in [6.07, 6.45) is -1.72. The average molecular weight is 443 g/mol. The summed E-state index contributed by atoms with van der Waals surface area (Å²) in [5, 5.41) is 10.8. The lowest BCUT2D eigenvalue weighted by atomic mass is 10.0. The topological polar surface area (TPSA) is 43.6 Å². The maximum Gasteiger partial charge on any atom is 0.416 e. The molecule has 4 nitrogen and oxygen atoms in total. The fourth-order valence-corrected chi connectivity index (χ4v) is 4.22. The van der Waals surface area contributed by atoms with Gasteiger partial charge in [0.25, 0.3) is 0 Å². The minimum atomic E-state index is -4.36. The van der Waals surface area contributed by atoms with Gasteiger partial charge in [-0.15, -0.1) is 21.5 Å². The van der Waals surface area contributed by atoms with Gasteiger partial charge in [0.1, 0.15) is 11.5 Å². The Morgan fingerprint density at radius 3 is 2.52 bits per heavy atom. The second kappa shape index (κ2) is 8.63. The molecule has 0 spiro atoms. The second-order valence-electron chi connectivity index (χ2n) is 7.42. The first-order valence-electron chi connectivity index (χ1n) is 9.86. The van der Waals surface area contributed by atoms with E-state index in [1.807, 2.05) is 41.1 Å². The number of pyridine rings is 1. The van der Waals surface area contributed by atoms with Crippen molar-refractivity contribution in [2.45, 2.75) is 39.4 Å². The Morgan fingerprint density at radius 1 is 0.968 bits per heavy atom. The fraction of sp³-hybridized carbons (Fsp3) is 0.261. The van der Waals surface area contributed by atoms with Crippen LogP contribution < -0.4 is 0 Å².